The standard InChI is InChI=1S/C27H27NO2/c1-2-20-14-16-21(17-15-20)9-7-8-18-28-27(29)30-19-26-24-12-5-3-10-22(24)23-11-4-6-13-25(23)26/h3-7,9-17,26H,2,8,18-19H2,1H3,(H,28,29). The Labute approximate surface area is 178 Å². The molecule has 3 aromatic rings. The minimum Gasteiger partial charge on any atom is -0.449 e. The summed E-state index contributed by atoms with van der Waals surface area (Å²) in [5.74, 6) is 0.0918. The van der Waals surface area contributed by atoms with Crippen LogP contribution in [0.2, 0.25) is 0 Å². The van der Waals surface area contributed by atoms with Gasteiger partial charge in [0.15, 0.2) is 0 Å². The quantitative estimate of drug-likeness (QED) is 0.483. The molecule has 0 saturated heterocycles. The Hall–Kier alpha value is -3.33. The van der Waals surface area contributed by atoms with Crippen molar-refractivity contribution in [3.8, 4) is 11.1 Å². The SMILES string of the molecule is CCc1ccc(C=CCCNC(=O)OCC2c3ccccc3-c3ccccc32)cc1. The van der Waals surface area contributed by atoms with Gasteiger partial charge in [0, 0.05) is 12.5 Å². The number of benzene rings is 3. The minimum atomic E-state index is -0.363. The van der Waals surface area contributed by atoms with Crippen LogP contribution >= 0.6 is 0 Å². The van der Waals surface area contributed by atoms with Gasteiger partial charge in [-0.15, -0.1) is 0 Å². The number of carbonyl (C=O) groups excluding carboxylic acids is 1. The normalized spacial score (nSPS) is 12.6. The molecule has 0 radical (unpaired) electrons. The molecule has 3 nitrogen and oxygen atoms in total. The zero-order valence-electron chi connectivity index (χ0n) is 17.3. The third-order valence-corrected chi connectivity index (χ3v) is 5.62. The first kappa shape index (κ1) is 20.0. The zero-order valence-corrected chi connectivity index (χ0v) is 17.3. The predicted molar refractivity (Wildman–Crippen MR) is 123 cm³/mol. The fourth-order valence-electron chi connectivity index (χ4n) is 3.99. The monoisotopic (exact) mass is 397 g/mol. The van der Waals surface area contributed by atoms with E-state index in [2.05, 4.69) is 85.1 Å². The van der Waals surface area contributed by atoms with E-state index >= 15 is 0 Å². The number of hydrogen-bond donors (Lipinski definition) is 1. The average Bonchev–Trinajstić information content (AvgIpc) is 3.12. The summed E-state index contributed by atoms with van der Waals surface area (Å²) in [7, 11) is 0. The molecule has 0 atom stereocenters. The molecule has 1 amide bonds. The van der Waals surface area contributed by atoms with Gasteiger partial charge in [0.05, 0.1) is 0 Å². The largest absolute Gasteiger partial charge is 0.449 e. The van der Waals surface area contributed by atoms with Crippen LogP contribution in [0, 0.1) is 0 Å². The maximum absolute atomic E-state index is 12.2. The van der Waals surface area contributed by atoms with E-state index in [0.717, 1.165) is 12.8 Å². The highest BCUT2D eigenvalue weighted by atomic mass is 16.5. The molecule has 1 N–H and O–H groups in total. The van der Waals surface area contributed by atoms with Gasteiger partial charge < -0.3 is 10.1 Å². The first-order valence-electron chi connectivity index (χ1n) is 10.6. The lowest BCUT2D eigenvalue weighted by atomic mass is 9.98. The molecule has 0 fully saturated rings. The van der Waals surface area contributed by atoms with Crippen molar-refractivity contribution in [1.29, 1.82) is 0 Å². The summed E-state index contributed by atoms with van der Waals surface area (Å²) in [6, 6.07) is 25.2. The number of ether oxygens (including phenoxy) is 1. The molecular formula is C27H27NO2. The Morgan fingerprint density at radius 3 is 2.20 bits per heavy atom. The molecule has 0 aliphatic heterocycles. The van der Waals surface area contributed by atoms with Gasteiger partial charge in [-0.3, -0.25) is 0 Å². The van der Waals surface area contributed by atoms with Gasteiger partial charge in [-0.2, -0.15) is 0 Å². The van der Waals surface area contributed by atoms with Gasteiger partial charge in [0.1, 0.15) is 6.61 Å². The molecule has 0 bridgehead atoms. The number of hydrogen-bond acceptors (Lipinski definition) is 2. The topological polar surface area (TPSA) is 38.3 Å². The van der Waals surface area contributed by atoms with E-state index in [4.69, 9.17) is 4.74 Å². The molecule has 0 aromatic heterocycles. The van der Waals surface area contributed by atoms with Gasteiger partial charge in [0.25, 0.3) is 0 Å². The van der Waals surface area contributed by atoms with Crippen LogP contribution in [0.3, 0.4) is 0 Å². The highest BCUT2D eigenvalue weighted by molar-refractivity contribution is 5.79. The molecule has 1 aliphatic carbocycles. The van der Waals surface area contributed by atoms with Crippen molar-refractivity contribution in [2.75, 3.05) is 13.2 Å². The lowest BCUT2D eigenvalue weighted by Gasteiger charge is -2.14. The average molecular weight is 398 g/mol. The second-order valence-corrected chi connectivity index (χ2v) is 7.54. The van der Waals surface area contributed by atoms with E-state index in [9.17, 15) is 4.79 Å². The van der Waals surface area contributed by atoms with E-state index in [1.165, 1.54) is 33.4 Å². The van der Waals surface area contributed by atoms with Crippen LogP contribution in [0.1, 0.15) is 41.5 Å². The molecule has 152 valence electrons. The number of fused-ring (bicyclic) bond motifs is 3. The molecular weight excluding hydrogens is 370 g/mol. The molecule has 0 saturated carbocycles. The second kappa shape index (κ2) is 9.45. The number of amides is 1. The Morgan fingerprint density at radius 2 is 1.57 bits per heavy atom. The maximum atomic E-state index is 12.2. The Morgan fingerprint density at radius 1 is 0.933 bits per heavy atom. The van der Waals surface area contributed by atoms with Crippen LogP contribution in [0.25, 0.3) is 17.2 Å². The molecule has 4 rings (SSSR count). The Bertz CT molecular complexity index is 991. The van der Waals surface area contributed by atoms with Gasteiger partial charge in [-0.1, -0.05) is 91.9 Å². The highest BCUT2D eigenvalue weighted by Crippen LogP contribution is 2.44. The van der Waals surface area contributed by atoms with Crippen molar-refractivity contribution in [3.05, 3.63) is 101 Å². The second-order valence-electron chi connectivity index (χ2n) is 7.54. The van der Waals surface area contributed by atoms with Crippen LogP contribution in [-0.4, -0.2) is 19.2 Å². The van der Waals surface area contributed by atoms with Gasteiger partial charge in [-0.25, -0.2) is 4.79 Å². The van der Waals surface area contributed by atoms with Crippen LogP contribution in [0.15, 0.2) is 78.9 Å². The van der Waals surface area contributed by atoms with Crippen molar-refractivity contribution in [2.45, 2.75) is 25.7 Å². The number of nitrogens with one attached hydrogen (secondary N) is 1. The summed E-state index contributed by atoms with van der Waals surface area (Å²) in [5.41, 5.74) is 7.43. The van der Waals surface area contributed by atoms with Gasteiger partial charge in [-0.05, 0) is 46.2 Å². The predicted octanol–water partition coefficient (Wildman–Crippen LogP) is 6.19. The first-order chi connectivity index (χ1) is 14.8. The Kier molecular flexibility index (Phi) is 6.29. The summed E-state index contributed by atoms with van der Waals surface area (Å²) in [6.45, 7) is 3.06. The summed E-state index contributed by atoms with van der Waals surface area (Å²) in [4.78, 5) is 12.2. The fourth-order valence-corrected chi connectivity index (χ4v) is 3.99. The fraction of sp³-hybridized carbons (Fsp3) is 0.222. The van der Waals surface area contributed by atoms with E-state index in [-0.39, 0.29) is 12.0 Å². The van der Waals surface area contributed by atoms with E-state index in [1.54, 1.807) is 0 Å². The lowest BCUT2D eigenvalue weighted by Crippen LogP contribution is -2.26. The third-order valence-electron chi connectivity index (χ3n) is 5.62. The summed E-state index contributed by atoms with van der Waals surface area (Å²) in [6.07, 6.45) is 5.61. The molecule has 3 heteroatoms. The first-order valence-corrected chi connectivity index (χ1v) is 10.6. The minimum absolute atomic E-state index is 0.0918. The van der Waals surface area contributed by atoms with Crippen LogP contribution < -0.4 is 5.32 Å². The van der Waals surface area contributed by atoms with Crippen molar-refractivity contribution >= 4 is 12.2 Å². The summed E-state index contributed by atoms with van der Waals surface area (Å²) >= 11 is 0. The smallest absolute Gasteiger partial charge is 0.407 e. The number of rotatable bonds is 7. The number of aryl methyl sites for hydroxylation is 1. The lowest BCUT2D eigenvalue weighted by molar-refractivity contribution is 0.143. The van der Waals surface area contributed by atoms with E-state index in [0.29, 0.717) is 13.2 Å². The highest BCUT2D eigenvalue weighted by Gasteiger charge is 2.28. The van der Waals surface area contributed by atoms with E-state index in [1.807, 2.05) is 12.1 Å². The molecule has 30 heavy (non-hydrogen) atoms. The van der Waals surface area contributed by atoms with Crippen LogP contribution in [0.5, 0.6) is 0 Å². The van der Waals surface area contributed by atoms with Crippen molar-refractivity contribution in [2.24, 2.45) is 0 Å². The van der Waals surface area contributed by atoms with Crippen LogP contribution in [-0.2, 0) is 11.2 Å². The summed E-state index contributed by atoms with van der Waals surface area (Å²) in [5, 5.41) is 2.85. The van der Waals surface area contributed by atoms with Crippen molar-refractivity contribution in [1.82, 2.24) is 5.32 Å². The molecule has 0 heterocycles. The van der Waals surface area contributed by atoms with Gasteiger partial charge in [0.2, 0.25) is 0 Å². The third kappa shape index (κ3) is 4.46. The summed E-state index contributed by atoms with van der Waals surface area (Å²) < 4.78 is 5.56. The van der Waals surface area contributed by atoms with Gasteiger partial charge >= 0.3 is 6.09 Å². The maximum Gasteiger partial charge on any atom is 0.407 e. The van der Waals surface area contributed by atoms with E-state index < -0.39 is 0 Å². The van der Waals surface area contributed by atoms with Crippen molar-refractivity contribution < 1.29 is 9.53 Å². The Balaban J connectivity index is 1.26. The zero-order chi connectivity index (χ0) is 20.8. The number of carbonyl (C=O) groups is 1. The molecule has 1 aliphatic rings. The van der Waals surface area contributed by atoms with Crippen molar-refractivity contribution in [3.63, 3.8) is 0 Å². The number of alkyl carbamates (subject to hydrolysis) is 1. The molecule has 0 spiro atoms. The molecule has 0 unspecified atom stereocenters. The molecule has 3 aromatic carbocycles. The van der Waals surface area contributed by atoms with Crippen LogP contribution in [0.4, 0.5) is 4.79 Å².